The van der Waals surface area contributed by atoms with Gasteiger partial charge in [-0.25, -0.2) is 0 Å². The van der Waals surface area contributed by atoms with Crippen molar-refractivity contribution in [2.45, 2.75) is 26.8 Å². The molecule has 0 bridgehead atoms. The smallest absolute Gasteiger partial charge is 0.195 e. The Bertz CT molecular complexity index is 576. The van der Waals surface area contributed by atoms with Crippen LogP contribution in [0.2, 0.25) is 0 Å². The predicted molar refractivity (Wildman–Crippen MR) is 80.9 cm³/mol. The first kappa shape index (κ1) is 14.9. The van der Waals surface area contributed by atoms with E-state index in [-0.39, 0.29) is 0 Å². The molecule has 2 rings (SSSR count). The Labute approximate surface area is 124 Å². The summed E-state index contributed by atoms with van der Waals surface area (Å²) in [6.45, 7) is 6.46. The Morgan fingerprint density at radius 3 is 2.90 bits per heavy atom. The Balaban J connectivity index is 1.98. The van der Waals surface area contributed by atoms with Gasteiger partial charge in [0.25, 0.3) is 0 Å². The summed E-state index contributed by atoms with van der Waals surface area (Å²) >= 11 is 5.25. The SMILES string of the molecule is CC(C)CCOCCn1c(-c2ccccn2)n[nH]c1=S. The molecule has 1 N–H and O–H groups in total. The highest BCUT2D eigenvalue weighted by molar-refractivity contribution is 7.71. The van der Waals surface area contributed by atoms with Gasteiger partial charge in [-0.1, -0.05) is 19.9 Å². The van der Waals surface area contributed by atoms with Gasteiger partial charge in [-0.05, 0) is 36.7 Å². The Morgan fingerprint density at radius 2 is 2.20 bits per heavy atom. The average molecular weight is 292 g/mol. The van der Waals surface area contributed by atoms with Gasteiger partial charge < -0.3 is 4.74 Å². The topological polar surface area (TPSA) is 55.7 Å². The largest absolute Gasteiger partial charge is 0.380 e. The molecule has 2 aromatic heterocycles. The molecule has 0 aliphatic carbocycles. The first-order chi connectivity index (χ1) is 9.68. The molecule has 0 aliphatic heterocycles. The summed E-state index contributed by atoms with van der Waals surface area (Å²) in [7, 11) is 0. The van der Waals surface area contributed by atoms with Crippen molar-refractivity contribution in [1.29, 1.82) is 0 Å². The summed E-state index contributed by atoms with van der Waals surface area (Å²) in [6, 6.07) is 5.73. The van der Waals surface area contributed by atoms with Crippen LogP contribution < -0.4 is 0 Å². The van der Waals surface area contributed by atoms with Gasteiger partial charge in [-0.3, -0.25) is 14.6 Å². The standard InChI is InChI=1S/C14H20N4OS/c1-11(2)6-9-19-10-8-18-13(16-17-14(18)20)12-5-3-4-7-15-12/h3-5,7,11H,6,8-10H2,1-2H3,(H,17,20). The van der Waals surface area contributed by atoms with E-state index in [2.05, 4.69) is 29.0 Å². The van der Waals surface area contributed by atoms with Crippen LogP contribution in [0.3, 0.4) is 0 Å². The van der Waals surface area contributed by atoms with Gasteiger partial charge >= 0.3 is 0 Å². The van der Waals surface area contributed by atoms with Crippen molar-refractivity contribution in [1.82, 2.24) is 19.7 Å². The van der Waals surface area contributed by atoms with E-state index in [4.69, 9.17) is 17.0 Å². The second kappa shape index (κ2) is 7.31. The van der Waals surface area contributed by atoms with Crippen LogP contribution >= 0.6 is 12.2 Å². The van der Waals surface area contributed by atoms with E-state index < -0.39 is 0 Å². The van der Waals surface area contributed by atoms with Crippen LogP contribution in [0.5, 0.6) is 0 Å². The molecule has 0 saturated carbocycles. The fraction of sp³-hybridized carbons (Fsp3) is 0.500. The molecule has 6 heteroatoms. The number of hydrogen-bond donors (Lipinski definition) is 1. The monoisotopic (exact) mass is 292 g/mol. The number of H-pyrrole nitrogens is 1. The van der Waals surface area contributed by atoms with E-state index in [0.717, 1.165) is 24.5 Å². The van der Waals surface area contributed by atoms with E-state index in [1.54, 1.807) is 6.20 Å². The maximum Gasteiger partial charge on any atom is 0.195 e. The zero-order chi connectivity index (χ0) is 14.4. The minimum Gasteiger partial charge on any atom is -0.380 e. The maximum absolute atomic E-state index is 5.63. The number of aromatic nitrogens is 4. The summed E-state index contributed by atoms with van der Waals surface area (Å²) in [5, 5.41) is 7.06. The number of hydrogen-bond acceptors (Lipinski definition) is 4. The van der Waals surface area contributed by atoms with Gasteiger partial charge in [0, 0.05) is 12.8 Å². The summed E-state index contributed by atoms with van der Waals surface area (Å²) < 4.78 is 8.15. The predicted octanol–water partition coefficient (Wildman–Crippen LogP) is 3.07. The van der Waals surface area contributed by atoms with Crippen LogP contribution in [0.25, 0.3) is 11.5 Å². The minimum atomic E-state index is 0.595. The van der Waals surface area contributed by atoms with Gasteiger partial charge in [0.05, 0.1) is 13.2 Å². The lowest BCUT2D eigenvalue weighted by Crippen LogP contribution is -2.09. The molecule has 0 atom stereocenters. The molecule has 2 aromatic rings. The van der Waals surface area contributed by atoms with Gasteiger partial charge in [0.1, 0.15) is 5.69 Å². The molecule has 0 aromatic carbocycles. The van der Waals surface area contributed by atoms with Gasteiger partial charge in [-0.2, -0.15) is 5.10 Å². The molecule has 0 aliphatic rings. The van der Waals surface area contributed by atoms with Crippen LogP contribution in [0.1, 0.15) is 20.3 Å². The molecule has 20 heavy (non-hydrogen) atoms. The number of aromatic amines is 1. The molecule has 0 unspecified atom stereocenters. The minimum absolute atomic E-state index is 0.595. The first-order valence-corrected chi connectivity index (χ1v) is 7.23. The summed E-state index contributed by atoms with van der Waals surface area (Å²) in [5.74, 6) is 1.42. The van der Waals surface area contributed by atoms with E-state index in [1.807, 2.05) is 22.8 Å². The van der Waals surface area contributed by atoms with Crippen molar-refractivity contribution >= 4 is 12.2 Å². The molecule has 0 radical (unpaired) electrons. The molecular weight excluding hydrogens is 272 g/mol. The zero-order valence-electron chi connectivity index (χ0n) is 11.9. The second-order valence-electron chi connectivity index (χ2n) is 5.01. The number of pyridine rings is 1. The molecule has 0 amide bonds. The van der Waals surface area contributed by atoms with Crippen molar-refractivity contribution < 1.29 is 4.74 Å². The maximum atomic E-state index is 5.63. The molecule has 2 heterocycles. The molecular formula is C14H20N4OS. The van der Waals surface area contributed by atoms with Crippen molar-refractivity contribution in [3.8, 4) is 11.5 Å². The average Bonchev–Trinajstić information content (AvgIpc) is 2.80. The third kappa shape index (κ3) is 3.98. The van der Waals surface area contributed by atoms with Crippen LogP contribution in [-0.4, -0.2) is 33.0 Å². The van der Waals surface area contributed by atoms with E-state index >= 15 is 0 Å². The molecule has 5 nitrogen and oxygen atoms in total. The lowest BCUT2D eigenvalue weighted by molar-refractivity contribution is 0.116. The van der Waals surface area contributed by atoms with E-state index in [0.29, 0.717) is 23.8 Å². The third-order valence-electron chi connectivity index (χ3n) is 2.95. The highest BCUT2D eigenvalue weighted by Crippen LogP contribution is 2.13. The number of nitrogens with one attached hydrogen (secondary N) is 1. The summed E-state index contributed by atoms with van der Waals surface area (Å²) in [4.78, 5) is 4.30. The van der Waals surface area contributed by atoms with Crippen molar-refractivity contribution in [2.75, 3.05) is 13.2 Å². The Kier molecular flexibility index (Phi) is 5.43. The van der Waals surface area contributed by atoms with Crippen LogP contribution in [0, 0.1) is 10.7 Å². The highest BCUT2D eigenvalue weighted by Gasteiger charge is 2.09. The van der Waals surface area contributed by atoms with Crippen LogP contribution in [-0.2, 0) is 11.3 Å². The summed E-state index contributed by atoms with van der Waals surface area (Å²) in [5.41, 5.74) is 0.807. The lowest BCUT2D eigenvalue weighted by Gasteiger charge is -2.08. The van der Waals surface area contributed by atoms with Crippen molar-refractivity contribution in [2.24, 2.45) is 5.92 Å². The Hall–Kier alpha value is -1.53. The quantitative estimate of drug-likeness (QED) is 0.629. The molecule has 108 valence electrons. The van der Waals surface area contributed by atoms with E-state index in [1.165, 1.54) is 0 Å². The van der Waals surface area contributed by atoms with Gasteiger partial charge in [-0.15, -0.1) is 0 Å². The number of rotatable bonds is 7. The lowest BCUT2D eigenvalue weighted by atomic mass is 10.1. The zero-order valence-corrected chi connectivity index (χ0v) is 12.7. The van der Waals surface area contributed by atoms with Gasteiger partial charge in [0.15, 0.2) is 10.6 Å². The fourth-order valence-electron chi connectivity index (χ4n) is 1.79. The third-order valence-corrected chi connectivity index (χ3v) is 3.26. The highest BCUT2D eigenvalue weighted by atomic mass is 32.1. The Morgan fingerprint density at radius 1 is 1.35 bits per heavy atom. The van der Waals surface area contributed by atoms with Crippen molar-refractivity contribution in [3.63, 3.8) is 0 Å². The second-order valence-corrected chi connectivity index (χ2v) is 5.40. The first-order valence-electron chi connectivity index (χ1n) is 6.83. The molecule has 0 spiro atoms. The van der Waals surface area contributed by atoms with Crippen LogP contribution in [0.15, 0.2) is 24.4 Å². The fourth-order valence-corrected chi connectivity index (χ4v) is 2.02. The van der Waals surface area contributed by atoms with Crippen LogP contribution in [0.4, 0.5) is 0 Å². The molecule has 0 saturated heterocycles. The normalized spacial score (nSPS) is 11.2. The number of ether oxygens (including phenoxy) is 1. The van der Waals surface area contributed by atoms with E-state index in [9.17, 15) is 0 Å². The molecule has 0 fully saturated rings. The van der Waals surface area contributed by atoms with Crippen molar-refractivity contribution in [3.05, 3.63) is 29.2 Å². The number of nitrogens with zero attached hydrogens (tertiary/aromatic N) is 3. The van der Waals surface area contributed by atoms with Gasteiger partial charge in [0.2, 0.25) is 0 Å². The summed E-state index contributed by atoms with van der Waals surface area (Å²) in [6.07, 6.45) is 2.82.